The van der Waals surface area contributed by atoms with Gasteiger partial charge in [-0.2, -0.15) is 0 Å². The number of hydrogen-bond acceptors (Lipinski definition) is 4. The normalized spacial score (nSPS) is 11.5. The number of sulfone groups is 1. The topological polar surface area (TPSA) is 88.5 Å². The quantitative estimate of drug-likeness (QED) is 0.799. The number of aliphatic carboxylic acids is 1. The highest BCUT2D eigenvalue weighted by molar-refractivity contribution is 7.92. The summed E-state index contributed by atoms with van der Waals surface area (Å²) in [5.74, 6) is -3.53. The average molecular weight is 284 g/mol. The van der Waals surface area contributed by atoms with Crippen molar-refractivity contribution in [2.24, 2.45) is 0 Å². The van der Waals surface area contributed by atoms with Crippen LogP contribution in [0.1, 0.15) is 35.7 Å². The van der Waals surface area contributed by atoms with Crippen LogP contribution in [0.3, 0.4) is 0 Å². The lowest BCUT2D eigenvalue weighted by molar-refractivity contribution is -0.134. The van der Waals surface area contributed by atoms with E-state index >= 15 is 0 Å². The number of ketones is 1. The summed E-state index contributed by atoms with van der Waals surface area (Å²) in [5.41, 5.74) is 1.32. The van der Waals surface area contributed by atoms with Crippen LogP contribution in [0.25, 0.3) is 0 Å². The predicted molar refractivity (Wildman–Crippen MR) is 71.2 cm³/mol. The molecule has 6 heteroatoms. The molecule has 0 saturated carbocycles. The summed E-state index contributed by atoms with van der Waals surface area (Å²) in [5, 5.41) is 8.44. The molecule has 104 valence electrons. The van der Waals surface area contributed by atoms with E-state index in [1.807, 2.05) is 13.8 Å². The van der Waals surface area contributed by atoms with Gasteiger partial charge in [0, 0.05) is 5.56 Å². The van der Waals surface area contributed by atoms with Gasteiger partial charge in [-0.3, -0.25) is 9.59 Å². The molecule has 0 unspecified atom stereocenters. The standard InChI is InChI=1S/C13H16O5S/c1-9(2)10-3-5-11(6-4-10)12(14)7-19(17,18)8-13(15)16/h3-6,9H,7-8H2,1-2H3,(H,15,16). The summed E-state index contributed by atoms with van der Waals surface area (Å²) in [6, 6.07) is 6.66. The van der Waals surface area contributed by atoms with Crippen LogP contribution < -0.4 is 0 Å². The first-order valence-electron chi connectivity index (χ1n) is 5.76. The van der Waals surface area contributed by atoms with Gasteiger partial charge in [-0.05, 0) is 11.5 Å². The summed E-state index contributed by atoms with van der Waals surface area (Å²) >= 11 is 0. The van der Waals surface area contributed by atoms with E-state index in [1.54, 1.807) is 24.3 Å². The summed E-state index contributed by atoms with van der Waals surface area (Å²) in [7, 11) is -3.90. The minimum Gasteiger partial charge on any atom is -0.480 e. The van der Waals surface area contributed by atoms with Crippen LogP contribution in [0, 0.1) is 0 Å². The largest absolute Gasteiger partial charge is 0.480 e. The van der Waals surface area contributed by atoms with Crippen molar-refractivity contribution in [1.82, 2.24) is 0 Å². The van der Waals surface area contributed by atoms with E-state index in [2.05, 4.69) is 0 Å². The first-order chi connectivity index (χ1) is 8.71. The van der Waals surface area contributed by atoms with E-state index in [-0.39, 0.29) is 5.56 Å². The molecule has 1 aromatic carbocycles. The van der Waals surface area contributed by atoms with E-state index in [1.165, 1.54) is 0 Å². The van der Waals surface area contributed by atoms with Crippen LogP contribution in [0.4, 0.5) is 0 Å². The molecule has 0 amide bonds. The third kappa shape index (κ3) is 4.82. The first kappa shape index (κ1) is 15.4. The number of carboxylic acids is 1. The van der Waals surface area contributed by atoms with E-state index in [0.717, 1.165) is 5.56 Å². The van der Waals surface area contributed by atoms with Crippen molar-refractivity contribution in [3.63, 3.8) is 0 Å². The summed E-state index contributed by atoms with van der Waals surface area (Å²) in [4.78, 5) is 22.1. The average Bonchev–Trinajstić information content (AvgIpc) is 2.26. The van der Waals surface area contributed by atoms with Crippen molar-refractivity contribution in [1.29, 1.82) is 0 Å². The molecular weight excluding hydrogens is 268 g/mol. The van der Waals surface area contributed by atoms with Gasteiger partial charge >= 0.3 is 5.97 Å². The van der Waals surface area contributed by atoms with Crippen molar-refractivity contribution < 1.29 is 23.1 Å². The molecule has 0 aliphatic carbocycles. The van der Waals surface area contributed by atoms with Gasteiger partial charge in [0.25, 0.3) is 0 Å². The Kier molecular flexibility index (Phi) is 4.83. The number of Topliss-reactive ketones (excluding diaryl/α,β-unsaturated/α-hetero) is 1. The molecule has 1 N–H and O–H groups in total. The van der Waals surface area contributed by atoms with E-state index in [0.29, 0.717) is 5.92 Å². The van der Waals surface area contributed by atoms with Gasteiger partial charge in [0.15, 0.2) is 15.6 Å². The Morgan fingerprint density at radius 3 is 2.05 bits per heavy atom. The van der Waals surface area contributed by atoms with Crippen molar-refractivity contribution in [3.8, 4) is 0 Å². The van der Waals surface area contributed by atoms with Crippen molar-refractivity contribution in [2.75, 3.05) is 11.5 Å². The zero-order valence-corrected chi connectivity index (χ0v) is 11.6. The van der Waals surface area contributed by atoms with Gasteiger partial charge in [-0.15, -0.1) is 0 Å². The fraction of sp³-hybridized carbons (Fsp3) is 0.385. The second-order valence-corrected chi connectivity index (χ2v) is 6.69. The van der Waals surface area contributed by atoms with E-state index < -0.39 is 33.1 Å². The number of hydrogen-bond donors (Lipinski definition) is 1. The third-order valence-electron chi connectivity index (χ3n) is 2.59. The fourth-order valence-electron chi connectivity index (χ4n) is 1.58. The van der Waals surface area contributed by atoms with Gasteiger partial charge in [-0.1, -0.05) is 38.1 Å². The molecule has 5 nitrogen and oxygen atoms in total. The Hall–Kier alpha value is -1.69. The molecule has 1 rings (SSSR count). The fourth-order valence-corrected chi connectivity index (χ4v) is 2.62. The maximum Gasteiger partial charge on any atom is 0.318 e. The third-order valence-corrected chi connectivity index (χ3v) is 3.98. The monoisotopic (exact) mass is 284 g/mol. The minimum atomic E-state index is -3.90. The molecule has 0 saturated heterocycles. The zero-order valence-electron chi connectivity index (χ0n) is 10.8. The lowest BCUT2D eigenvalue weighted by Gasteiger charge is -2.06. The molecule has 0 atom stereocenters. The van der Waals surface area contributed by atoms with Gasteiger partial charge in [0.2, 0.25) is 0 Å². The Labute approximate surface area is 112 Å². The van der Waals surface area contributed by atoms with Crippen molar-refractivity contribution in [2.45, 2.75) is 19.8 Å². The number of benzene rings is 1. The van der Waals surface area contributed by atoms with Gasteiger partial charge in [0.05, 0.1) is 0 Å². The molecule has 19 heavy (non-hydrogen) atoms. The second-order valence-electron chi connectivity index (χ2n) is 4.63. The molecule has 0 radical (unpaired) electrons. The zero-order chi connectivity index (χ0) is 14.6. The van der Waals surface area contributed by atoms with Crippen LogP contribution in [0.2, 0.25) is 0 Å². The summed E-state index contributed by atoms with van der Waals surface area (Å²) < 4.78 is 22.8. The molecule has 0 fully saturated rings. The lowest BCUT2D eigenvalue weighted by Crippen LogP contribution is -2.23. The highest BCUT2D eigenvalue weighted by Gasteiger charge is 2.21. The van der Waals surface area contributed by atoms with Gasteiger partial charge in [0.1, 0.15) is 11.5 Å². The Morgan fingerprint density at radius 1 is 1.11 bits per heavy atom. The van der Waals surface area contributed by atoms with E-state index in [9.17, 15) is 18.0 Å². The molecule has 0 aromatic heterocycles. The van der Waals surface area contributed by atoms with Crippen LogP contribution in [-0.4, -0.2) is 36.8 Å². The number of carboxylic acid groups (broad SMARTS) is 1. The highest BCUT2D eigenvalue weighted by Crippen LogP contribution is 2.15. The molecule has 1 aromatic rings. The molecule has 0 aliphatic rings. The predicted octanol–water partition coefficient (Wildman–Crippen LogP) is 1.49. The first-order valence-corrected chi connectivity index (χ1v) is 7.59. The Bertz CT molecular complexity index is 570. The van der Waals surface area contributed by atoms with Crippen LogP contribution in [-0.2, 0) is 14.6 Å². The van der Waals surface area contributed by atoms with Crippen LogP contribution >= 0.6 is 0 Å². The van der Waals surface area contributed by atoms with Crippen LogP contribution in [0.15, 0.2) is 24.3 Å². The summed E-state index contributed by atoms with van der Waals surface area (Å²) in [6.45, 7) is 4.02. The second kappa shape index (κ2) is 5.97. The highest BCUT2D eigenvalue weighted by atomic mass is 32.2. The van der Waals surface area contributed by atoms with Crippen molar-refractivity contribution in [3.05, 3.63) is 35.4 Å². The van der Waals surface area contributed by atoms with Gasteiger partial charge < -0.3 is 5.11 Å². The van der Waals surface area contributed by atoms with E-state index in [4.69, 9.17) is 5.11 Å². The Morgan fingerprint density at radius 2 is 1.63 bits per heavy atom. The molecule has 0 spiro atoms. The minimum absolute atomic E-state index is 0.276. The number of carbonyl (C=O) groups is 2. The maximum atomic E-state index is 11.8. The maximum absolute atomic E-state index is 11.8. The lowest BCUT2D eigenvalue weighted by atomic mass is 10.0. The molecule has 0 heterocycles. The SMILES string of the molecule is CC(C)c1ccc(C(=O)CS(=O)(=O)CC(=O)O)cc1. The summed E-state index contributed by atoms with van der Waals surface area (Å²) in [6.07, 6.45) is 0. The number of rotatable bonds is 6. The van der Waals surface area contributed by atoms with Crippen molar-refractivity contribution >= 4 is 21.6 Å². The van der Waals surface area contributed by atoms with Gasteiger partial charge in [-0.25, -0.2) is 8.42 Å². The molecular formula is C13H16O5S. The number of carbonyl (C=O) groups excluding carboxylic acids is 1. The molecule has 0 aliphatic heterocycles. The molecule has 0 bridgehead atoms. The smallest absolute Gasteiger partial charge is 0.318 e. The van der Waals surface area contributed by atoms with Crippen LogP contribution in [0.5, 0.6) is 0 Å². The Balaban J connectivity index is 2.81.